The Morgan fingerprint density at radius 3 is 2.88 bits per heavy atom. The number of benzene rings is 1. The predicted molar refractivity (Wildman–Crippen MR) is 121 cm³/mol. The number of likely N-dealkylation sites (N-methyl/N-ethyl adjacent to an activating group) is 1. The summed E-state index contributed by atoms with van der Waals surface area (Å²) in [5, 5.41) is 16.4. The Kier molecular flexibility index (Phi) is 5.65. The Bertz CT molecular complexity index is 1160. The van der Waals surface area contributed by atoms with Gasteiger partial charge in [-0.05, 0) is 45.1 Å². The number of nitrogens with zero attached hydrogens (tertiary/aromatic N) is 6. The minimum absolute atomic E-state index is 0.0235. The van der Waals surface area contributed by atoms with Crippen molar-refractivity contribution in [2.24, 2.45) is 0 Å². The molecule has 2 atom stereocenters. The van der Waals surface area contributed by atoms with Gasteiger partial charge >= 0.3 is 0 Å². The molecular weight excluding hydrogens is 456 g/mol. The Labute approximate surface area is 194 Å². The van der Waals surface area contributed by atoms with Crippen LogP contribution in [0.25, 0.3) is 11.6 Å². The van der Waals surface area contributed by atoms with Crippen LogP contribution >= 0.6 is 23.2 Å². The molecule has 11 heteroatoms. The van der Waals surface area contributed by atoms with Gasteiger partial charge in [0.15, 0.2) is 17.3 Å². The lowest BCUT2D eigenvalue weighted by Crippen LogP contribution is -2.37. The van der Waals surface area contributed by atoms with Gasteiger partial charge in [-0.1, -0.05) is 28.4 Å². The van der Waals surface area contributed by atoms with E-state index in [0.717, 1.165) is 25.2 Å². The first-order valence-electron chi connectivity index (χ1n) is 10.5. The standard InChI is InChI=1S/C21H22Cl2FN7O/c1-11(17-13(22)3-4-14(24)18(17)23)31-8-6-25-20-16(31)9-15(27-28-20)21-26-19(29-32-21)12-5-7-30(2)10-12/h3-4,9,11-12H,5-8,10H2,1-2H3,(H,25,28)/t11-,12?/m1/s1. The Morgan fingerprint density at radius 1 is 1.25 bits per heavy atom. The maximum atomic E-state index is 14.1. The number of nitrogens with one attached hydrogen (secondary N) is 1. The normalized spacial score (nSPS) is 19.7. The molecule has 2 aliphatic heterocycles. The van der Waals surface area contributed by atoms with Gasteiger partial charge in [0, 0.05) is 36.1 Å². The van der Waals surface area contributed by atoms with Crippen molar-refractivity contribution in [2.45, 2.75) is 25.3 Å². The number of rotatable bonds is 4. The molecule has 0 aliphatic carbocycles. The van der Waals surface area contributed by atoms with Crippen LogP contribution in [-0.2, 0) is 0 Å². The highest BCUT2D eigenvalue weighted by atomic mass is 35.5. The van der Waals surface area contributed by atoms with Crippen molar-refractivity contribution < 1.29 is 8.91 Å². The van der Waals surface area contributed by atoms with Gasteiger partial charge < -0.3 is 19.6 Å². The number of halogens is 3. The monoisotopic (exact) mass is 477 g/mol. The molecule has 0 amide bonds. The fourth-order valence-electron chi connectivity index (χ4n) is 4.38. The Hall–Kier alpha value is -2.49. The van der Waals surface area contributed by atoms with Crippen molar-refractivity contribution in [3.05, 3.63) is 45.4 Å². The van der Waals surface area contributed by atoms with E-state index in [0.29, 0.717) is 46.9 Å². The molecule has 3 aromatic rings. The van der Waals surface area contributed by atoms with Gasteiger partial charge in [-0.2, -0.15) is 4.98 Å². The summed E-state index contributed by atoms with van der Waals surface area (Å²) in [6, 6.07) is 4.35. The maximum absolute atomic E-state index is 14.1. The number of anilines is 2. The smallest absolute Gasteiger partial charge is 0.278 e. The zero-order valence-electron chi connectivity index (χ0n) is 17.6. The number of hydrogen-bond donors (Lipinski definition) is 1. The third kappa shape index (κ3) is 3.78. The van der Waals surface area contributed by atoms with Gasteiger partial charge in [0.2, 0.25) is 0 Å². The second kappa shape index (κ2) is 8.46. The lowest BCUT2D eigenvalue weighted by molar-refractivity contribution is 0.396. The summed E-state index contributed by atoms with van der Waals surface area (Å²) in [5.74, 6) is 1.37. The van der Waals surface area contributed by atoms with Gasteiger partial charge in [0.1, 0.15) is 5.82 Å². The average molecular weight is 478 g/mol. The molecule has 8 nitrogen and oxygen atoms in total. The van der Waals surface area contributed by atoms with E-state index in [-0.39, 0.29) is 17.0 Å². The van der Waals surface area contributed by atoms with Crippen LogP contribution in [-0.4, -0.2) is 58.5 Å². The van der Waals surface area contributed by atoms with Crippen LogP contribution in [0.2, 0.25) is 10.0 Å². The zero-order chi connectivity index (χ0) is 22.4. The fourth-order valence-corrected chi connectivity index (χ4v) is 5.07. The lowest BCUT2D eigenvalue weighted by atomic mass is 10.0. The maximum Gasteiger partial charge on any atom is 0.278 e. The molecule has 0 spiro atoms. The quantitative estimate of drug-likeness (QED) is 0.554. The number of hydrogen-bond acceptors (Lipinski definition) is 8. The van der Waals surface area contributed by atoms with E-state index in [4.69, 9.17) is 27.7 Å². The van der Waals surface area contributed by atoms with Crippen molar-refractivity contribution in [1.29, 1.82) is 0 Å². The van der Waals surface area contributed by atoms with Gasteiger partial charge in [-0.25, -0.2) is 4.39 Å². The summed E-state index contributed by atoms with van der Waals surface area (Å²) in [4.78, 5) is 8.89. The SMILES string of the molecule is C[C@H](c1c(Cl)ccc(F)c1Cl)N1CCNc2nnc(-c3nc(C4CCN(C)C4)no3)cc21. The number of aromatic nitrogens is 4. The second-order valence-electron chi connectivity index (χ2n) is 8.22. The minimum Gasteiger partial charge on any atom is -0.365 e. The van der Waals surface area contributed by atoms with Gasteiger partial charge in [0.05, 0.1) is 16.8 Å². The molecule has 2 aliphatic rings. The third-order valence-electron chi connectivity index (χ3n) is 6.11. The molecule has 4 heterocycles. The highest BCUT2D eigenvalue weighted by Crippen LogP contribution is 2.40. The van der Waals surface area contributed by atoms with Crippen molar-refractivity contribution >= 4 is 34.7 Å². The van der Waals surface area contributed by atoms with Gasteiger partial charge in [0.25, 0.3) is 5.89 Å². The summed E-state index contributed by atoms with van der Waals surface area (Å²) in [7, 11) is 2.08. The van der Waals surface area contributed by atoms with E-state index < -0.39 is 5.82 Å². The number of fused-ring (bicyclic) bond motifs is 1. The summed E-state index contributed by atoms with van der Waals surface area (Å²) in [5.41, 5.74) is 1.79. The van der Waals surface area contributed by atoms with Crippen LogP contribution in [0.4, 0.5) is 15.9 Å². The molecule has 1 fully saturated rings. The summed E-state index contributed by atoms with van der Waals surface area (Å²) < 4.78 is 19.7. The first kappa shape index (κ1) is 21.4. The van der Waals surface area contributed by atoms with E-state index in [1.165, 1.54) is 12.1 Å². The topological polar surface area (TPSA) is 83.2 Å². The predicted octanol–water partition coefficient (Wildman–Crippen LogP) is 4.38. The second-order valence-corrected chi connectivity index (χ2v) is 9.01. The fraction of sp³-hybridized carbons (Fsp3) is 0.429. The molecule has 32 heavy (non-hydrogen) atoms. The first-order chi connectivity index (χ1) is 15.4. The molecule has 0 radical (unpaired) electrons. The van der Waals surface area contributed by atoms with Crippen LogP contribution in [0.1, 0.15) is 36.7 Å². The zero-order valence-corrected chi connectivity index (χ0v) is 19.2. The Balaban J connectivity index is 1.48. The first-order valence-corrected chi connectivity index (χ1v) is 11.2. The largest absolute Gasteiger partial charge is 0.365 e. The molecule has 5 rings (SSSR count). The molecule has 0 bridgehead atoms. The molecule has 1 aromatic carbocycles. The highest BCUT2D eigenvalue weighted by molar-refractivity contribution is 6.36. The average Bonchev–Trinajstić information content (AvgIpc) is 3.45. The van der Waals surface area contributed by atoms with Crippen LogP contribution < -0.4 is 10.2 Å². The molecule has 1 N–H and O–H groups in total. The molecule has 0 saturated carbocycles. The van der Waals surface area contributed by atoms with Crippen molar-refractivity contribution in [2.75, 3.05) is 43.4 Å². The molecular formula is C21H22Cl2FN7O. The summed E-state index contributed by atoms with van der Waals surface area (Å²) >= 11 is 12.7. The van der Waals surface area contributed by atoms with Gasteiger partial charge in [-0.3, -0.25) is 0 Å². The highest BCUT2D eigenvalue weighted by Gasteiger charge is 2.30. The van der Waals surface area contributed by atoms with E-state index in [1.807, 2.05) is 13.0 Å². The van der Waals surface area contributed by atoms with E-state index in [1.54, 1.807) is 0 Å². The van der Waals surface area contributed by atoms with Crippen molar-refractivity contribution in [1.82, 2.24) is 25.2 Å². The summed E-state index contributed by atoms with van der Waals surface area (Å²) in [6.07, 6.45) is 0.996. The summed E-state index contributed by atoms with van der Waals surface area (Å²) in [6.45, 7) is 5.14. The van der Waals surface area contributed by atoms with E-state index in [2.05, 4.69) is 42.5 Å². The minimum atomic E-state index is -0.502. The van der Waals surface area contributed by atoms with Crippen molar-refractivity contribution in [3.8, 4) is 11.6 Å². The molecule has 1 saturated heterocycles. The van der Waals surface area contributed by atoms with Crippen LogP contribution in [0, 0.1) is 5.82 Å². The van der Waals surface area contributed by atoms with Gasteiger partial charge in [-0.15, -0.1) is 10.2 Å². The van der Waals surface area contributed by atoms with Crippen LogP contribution in [0.3, 0.4) is 0 Å². The van der Waals surface area contributed by atoms with E-state index >= 15 is 0 Å². The molecule has 1 unspecified atom stereocenters. The third-order valence-corrected chi connectivity index (χ3v) is 6.82. The molecule has 2 aromatic heterocycles. The Morgan fingerprint density at radius 2 is 2.09 bits per heavy atom. The van der Waals surface area contributed by atoms with Crippen LogP contribution in [0.15, 0.2) is 22.7 Å². The van der Waals surface area contributed by atoms with Crippen molar-refractivity contribution in [3.63, 3.8) is 0 Å². The number of likely N-dealkylation sites (tertiary alicyclic amines) is 1. The molecule has 168 valence electrons. The van der Waals surface area contributed by atoms with E-state index in [9.17, 15) is 4.39 Å². The lowest BCUT2D eigenvalue weighted by Gasteiger charge is -2.36. The van der Waals surface area contributed by atoms with Crippen LogP contribution in [0.5, 0.6) is 0 Å².